The van der Waals surface area contributed by atoms with Crippen LogP contribution < -0.4 is 58.6 Å². The van der Waals surface area contributed by atoms with Gasteiger partial charge in [-0.25, -0.2) is 50.9 Å². The Morgan fingerprint density at radius 1 is 0.476 bits per heavy atom. The number of anilines is 2. The number of methoxy groups -OCH3 is 1. The van der Waals surface area contributed by atoms with Gasteiger partial charge < -0.3 is 72.1 Å². The molecule has 2 aliphatic rings. The van der Waals surface area contributed by atoms with Gasteiger partial charge in [-0.05, 0) is 177 Å². The molecular formula is C92H112Cl6F4N13O23P5. The van der Waals surface area contributed by atoms with Crippen molar-refractivity contribution in [2.75, 3.05) is 64.4 Å². The Hall–Kier alpha value is -9.46. The average Bonchev–Trinajstić information content (AvgIpc) is 1.68. The fourth-order valence-electron chi connectivity index (χ4n) is 13.7. The number of halogens is 10. The van der Waals surface area contributed by atoms with Gasteiger partial charge in [0.2, 0.25) is 29.5 Å². The Kier molecular flexibility index (Phi) is 42.4. The van der Waals surface area contributed by atoms with E-state index in [0.717, 1.165) is 34.5 Å². The minimum atomic E-state index is -4.58. The minimum Gasteiger partial charge on any atom is -0.497 e. The molecule has 778 valence electrons. The van der Waals surface area contributed by atoms with E-state index in [9.17, 15) is 42.3 Å². The first-order chi connectivity index (χ1) is 67.2. The molecule has 11 aromatic rings. The van der Waals surface area contributed by atoms with Gasteiger partial charge in [-0.1, -0.05) is 194 Å². The number of para-hydroxylation sites is 4. The lowest BCUT2D eigenvalue weighted by Gasteiger charge is -2.37. The molecule has 4 aromatic heterocycles. The molecule has 2 saturated heterocycles. The van der Waals surface area contributed by atoms with Crippen LogP contribution in [0.5, 0.6) is 40.5 Å². The third-order valence-electron chi connectivity index (χ3n) is 20.6. The second kappa shape index (κ2) is 51.7. The Labute approximate surface area is 853 Å². The summed E-state index contributed by atoms with van der Waals surface area (Å²) >= 11 is 30.0. The normalized spacial score (nSPS) is 20.7. The van der Waals surface area contributed by atoms with Crippen molar-refractivity contribution in [1.82, 2.24) is 54.3 Å². The van der Waals surface area contributed by atoms with Crippen LogP contribution in [0.25, 0.3) is 22.3 Å². The molecule has 6 heterocycles. The standard InChI is InChI=1S/C47H53F2N6O8P.C26H35F2N6O8P.C13H19ClNO4P.C6H5Cl2O2P.Cl3OP/c1-8-59-41-39-40(51-44(52-41)53-47(34-18-12-9-13-19-34,35-20-14-10-15-21-35)36-24-26-37(58-7)27-25-36)55(30-50-39)43-45(6,48)33(5)46(49,62-43)29-61-64(57,63-38-22-16-11-17-23-38)54-32(4)42(56)60-28-31(2)3;1-6-38-20-18-19(31-24(29)32-20)34(14-30-18)23-25(5,27)22(36)26(28,41-23)13-40-43(37,42-17-10-8-7-9-11-17)33-16(4)21(35)39-12-15(2)3;1-10(2)9-18-13(16)11(3)15-20(14,17)19-12-7-5-4-6-8-12;7-11(8,9)10-6-4-2-1-3-5-6;1-5(2,3)4/h9-27,30-33,43H,8,28-29H2,1-7H3,(H,54,57)(H,51,52,53);7-11,14-16,22-23,36H,6,12-13H2,1-5H3,(H,33,37)(H2,29,31,32);4-8,10-11H,9H2,1-3H3,(H,15,17);1-5H;/t32-,33-,43+,45+,46+,64?;16-,22-,23+,25+,26+,43?;11-,20?;;/m000../s1. The molecule has 2 fully saturated rings. The maximum Gasteiger partial charge on any atom is 0.459 e. The Morgan fingerprint density at radius 3 is 1.20 bits per heavy atom. The number of aromatic nitrogens is 8. The van der Waals surface area contributed by atoms with E-state index in [0.29, 0.717) is 23.9 Å². The number of imidazole rings is 2. The number of hydrogen-bond donors (Lipinski definition) is 6. The largest absolute Gasteiger partial charge is 0.497 e. The van der Waals surface area contributed by atoms with Gasteiger partial charge in [0.1, 0.15) is 65.6 Å². The molecule has 7 aromatic carbocycles. The molecule has 0 aliphatic carbocycles. The smallest absolute Gasteiger partial charge is 0.459 e. The molecule has 0 spiro atoms. The number of carbonyl (C=O) groups is 3. The van der Waals surface area contributed by atoms with Crippen LogP contribution in [0.15, 0.2) is 219 Å². The summed E-state index contributed by atoms with van der Waals surface area (Å²) < 4.78 is 206. The Bertz CT molecular complexity index is 6180. The molecule has 0 radical (unpaired) electrons. The fourth-order valence-corrected chi connectivity index (χ4v) is 19.2. The number of esters is 3. The molecule has 36 nitrogen and oxygen atoms in total. The van der Waals surface area contributed by atoms with Gasteiger partial charge in [-0.2, -0.15) is 30.1 Å². The minimum absolute atomic E-state index is 0.0174. The monoisotopic (exact) mass is 2210 g/mol. The van der Waals surface area contributed by atoms with E-state index in [4.69, 9.17) is 110 Å². The molecule has 14 atom stereocenters. The first-order valence-electron chi connectivity index (χ1n) is 44.3. The zero-order valence-electron chi connectivity index (χ0n) is 80.1. The molecule has 51 heteroatoms. The van der Waals surface area contributed by atoms with E-state index >= 15 is 17.6 Å². The zero-order valence-corrected chi connectivity index (χ0v) is 89.1. The molecule has 2 aliphatic heterocycles. The summed E-state index contributed by atoms with van der Waals surface area (Å²) in [4.78, 5) is 63.3. The summed E-state index contributed by atoms with van der Waals surface area (Å²) in [5, 5.41) is 18.6. The molecule has 13 rings (SSSR count). The van der Waals surface area contributed by atoms with E-state index in [-0.39, 0.29) is 102 Å². The zero-order chi connectivity index (χ0) is 105. The third-order valence-corrected chi connectivity index (χ3v) is 26.4. The lowest BCUT2D eigenvalue weighted by Crippen LogP contribution is -2.47. The number of ether oxygens (including phenoxy) is 8. The van der Waals surface area contributed by atoms with Crippen molar-refractivity contribution in [2.24, 2.45) is 23.7 Å². The number of alkyl halides is 4. The van der Waals surface area contributed by atoms with Crippen LogP contribution in [0.2, 0.25) is 0 Å². The van der Waals surface area contributed by atoms with E-state index in [1.54, 1.807) is 118 Å². The van der Waals surface area contributed by atoms with Gasteiger partial charge in [0.05, 0.1) is 58.7 Å². The summed E-state index contributed by atoms with van der Waals surface area (Å²) in [6.45, 7) is 17.4. The fraction of sp³-hybridized carbons (Fsp3) is 0.402. The van der Waals surface area contributed by atoms with E-state index in [2.05, 4.69) is 78.8 Å². The van der Waals surface area contributed by atoms with Crippen LogP contribution in [0.4, 0.5) is 29.5 Å². The summed E-state index contributed by atoms with van der Waals surface area (Å²) in [7, 11) is -7.55. The Morgan fingerprint density at radius 2 is 0.818 bits per heavy atom. The average molecular weight is 2210 g/mol. The molecule has 143 heavy (non-hydrogen) atoms. The first kappa shape index (κ1) is 117. The van der Waals surface area contributed by atoms with E-state index in [1.165, 1.54) is 69.8 Å². The number of benzene rings is 7. The van der Waals surface area contributed by atoms with Crippen LogP contribution in [-0.2, 0) is 75.5 Å². The highest BCUT2D eigenvalue weighted by atomic mass is 36.0. The van der Waals surface area contributed by atoms with Crippen LogP contribution in [0, 0.1) is 23.7 Å². The first-order valence-corrected chi connectivity index (χ1v) is 57.8. The van der Waals surface area contributed by atoms with Crippen molar-refractivity contribution >= 4 is 153 Å². The number of aliphatic hydroxyl groups excluding tert-OH is 1. The predicted octanol–water partition coefficient (Wildman–Crippen LogP) is 23.1. The number of fused-ring (bicyclic) bond motifs is 2. The van der Waals surface area contributed by atoms with Gasteiger partial charge >= 0.3 is 51.5 Å². The molecule has 0 saturated carbocycles. The number of nitrogens with zero attached hydrogens (tertiary/aromatic N) is 8. The SMILES string of the molecule is CC(C)COC(=O)[C@H](C)NP(=O)(Cl)Oc1ccccc1.CCOc1nc(N)nc2c1ncn2[C@@H]1O[C@](F)(COP(=O)(N[C@@H](C)C(=O)OCC(C)C)Oc2ccccc2)[C@@H](O)[C@@]1(C)F.CCOc1nc(NC(c2ccccc2)(c2ccccc2)c2ccc(OC)cc2)nc2c1ncn2[C@@H]1O[C@](F)(COP(=O)(N[C@@H](C)C(=O)OCC(C)C)Oc2ccccc2)[C@@H](C)[C@@]1(C)F.O=P(Cl)(Cl)Cl.O=P(Cl)(Cl)Oc1ccccc1. The van der Waals surface area contributed by atoms with Crippen molar-refractivity contribution in [2.45, 2.75) is 162 Å². The van der Waals surface area contributed by atoms with Crippen molar-refractivity contribution < 1.29 is 125 Å². The number of aliphatic hydroxyl groups is 1. The maximum atomic E-state index is 17.3. The van der Waals surface area contributed by atoms with Gasteiger partial charge in [-0.15, -0.1) is 0 Å². The lowest BCUT2D eigenvalue weighted by molar-refractivity contribution is -0.202. The molecule has 7 N–H and O–H groups in total. The number of nitrogen functional groups attached to an aromatic ring is 1. The topological polar surface area (TPSA) is 447 Å². The van der Waals surface area contributed by atoms with Crippen molar-refractivity contribution in [3.8, 4) is 40.5 Å². The van der Waals surface area contributed by atoms with E-state index < -0.39 is 136 Å². The third kappa shape index (κ3) is 33.5. The van der Waals surface area contributed by atoms with E-state index in [1.807, 2.05) is 126 Å². The number of hydrogen-bond acceptors (Lipinski definition) is 31. The second-order valence-corrected chi connectivity index (χ2v) is 50.6. The lowest BCUT2D eigenvalue weighted by atomic mass is 9.77. The Balaban J connectivity index is 0.000000245. The molecule has 0 bridgehead atoms. The van der Waals surface area contributed by atoms with Crippen LogP contribution >= 0.6 is 101 Å². The molecular weight excluding hydrogens is 2100 g/mol. The maximum absolute atomic E-state index is 17.3. The highest BCUT2D eigenvalue weighted by molar-refractivity contribution is 8.24. The van der Waals surface area contributed by atoms with Crippen molar-refractivity contribution in [1.29, 1.82) is 0 Å². The van der Waals surface area contributed by atoms with Crippen LogP contribution in [0.1, 0.15) is 126 Å². The highest BCUT2D eigenvalue weighted by Crippen LogP contribution is 2.62. The second-order valence-electron chi connectivity index (χ2n) is 33.6. The summed E-state index contributed by atoms with van der Waals surface area (Å²) in [6.07, 6.45) is -7.02. The highest BCUT2D eigenvalue weighted by Gasteiger charge is 2.66. The van der Waals surface area contributed by atoms with Crippen LogP contribution in [-0.4, -0.2) is 163 Å². The molecule has 0 amide bonds. The predicted molar refractivity (Wildman–Crippen MR) is 537 cm³/mol. The number of nitrogens with one attached hydrogen (secondary N) is 4. The van der Waals surface area contributed by atoms with Gasteiger partial charge in [-0.3, -0.25) is 37.1 Å². The summed E-state index contributed by atoms with van der Waals surface area (Å²) in [5.74, 6) is -7.83. The van der Waals surface area contributed by atoms with Crippen molar-refractivity contribution in [3.05, 3.63) is 236 Å². The summed E-state index contributed by atoms with van der Waals surface area (Å²) in [6, 6.07) is 56.7. The molecule has 3 unspecified atom stereocenters. The van der Waals surface area contributed by atoms with Crippen LogP contribution in [0.3, 0.4) is 0 Å². The number of rotatable bonds is 41. The summed E-state index contributed by atoms with van der Waals surface area (Å²) in [5.41, 5.74) is 2.24. The number of carbonyl (C=O) groups excluding carboxylic acids is 3. The quantitative estimate of drug-likeness (QED) is 0.00681. The number of nitrogens with two attached hydrogens (primary N) is 1. The van der Waals surface area contributed by atoms with Gasteiger partial charge in [0.25, 0.3) is 5.85 Å². The van der Waals surface area contributed by atoms with Crippen molar-refractivity contribution in [3.63, 3.8) is 0 Å². The van der Waals surface area contributed by atoms with Gasteiger partial charge in [0, 0.05) is 33.7 Å². The van der Waals surface area contributed by atoms with Gasteiger partial charge in [0.15, 0.2) is 52.2 Å².